The van der Waals surface area contributed by atoms with Gasteiger partial charge >= 0.3 is 0 Å². The van der Waals surface area contributed by atoms with E-state index in [0.717, 1.165) is 12.1 Å². The average Bonchev–Trinajstić information content (AvgIpc) is 2.59. The van der Waals surface area contributed by atoms with Crippen LogP contribution in [0.25, 0.3) is 11.3 Å². The Morgan fingerprint density at radius 3 is 2.50 bits per heavy atom. The van der Waals surface area contributed by atoms with Crippen LogP contribution in [0.15, 0.2) is 27.4 Å². The van der Waals surface area contributed by atoms with E-state index in [1.54, 1.807) is 0 Å². The molecule has 0 saturated carbocycles. The smallest absolute Gasteiger partial charge is 0.213 e. The summed E-state index contributed by atoms with van der Waals surface area (Å²) in [5, 5.41) is 3.45. The van der Waals surface area contributed by atoms with Crippen LogP contribution >= 0.6 is 15.9 Å². The van der Waals surface area contributed by atoms with Gasteiger partial charge in [-0.15, -0.1) is 0 Å². The molecule has 0 radical (unpaired) electrons. The highest BCUT2D eigenvalue weighted by Gasteiger charge is 2.21. The number of benzene rings is 1. The van der Waals surface area contributed by atoms with Gasteiger partial charge in [0.05, 0.1) is 11.1 Å². The zero-order chi connectivity index (χ0) is 11.7. The Bertz CT molecular complexity index is 533. The van der Waals surface area contributed by atoms with Gasteiger partial charge in [0, 0.05) is 0 Å². The van der Waals surface area contributed by atoms with E-state index in [0.29, 0.717) is 6.29 Å². The van der Waals surface area contributed by atoms with Crippen LogP contribution in [0, 0.1) is 11.6 Å². The van der Waals surface area contributed by atoms with Crippen molar-refractivity contribution in [2.75, 3.05) is 0 Å². The number of carbonyl (C=O) groups excluding carboxylic acids is 1. The summed E-state index contributed by atoms with van der Waals surface area (Å²) in [6.07, 6.45) is 0.418. The third-order valence-electron chi connectivity index (χ3n) is 2.00. The van der Waals surface area contributed by atoms with Gasteiger partial charge in [-0.3, -0.25) is 4.79 Å². The molecule has 0 aliphatic rings. The van der Waals surface area contributed by atoms with Crippen molar-refractivity contribution in [3.8, 4) is 11.3 Å². The van der Waals surface area contributed by atoms with Crippen molar-refractivity contribution in [3.63, 3.8) is 0 Å². The third-order valence-corrected chi connectivity index (χ3v) is 2.57. The van der Waals surface area contributed by atoms with Crippen LogP contribution in [-0.4, -0.2) is 11.4 Å². The van der Waals surface area contributed by atoms with Gasteiger partial charge < -0.3 is 4.52 Å². The zero-order valence-electron chi connectivity index (χ0n) is 7.71. The maximum absolute atomic E-state index is 13.4. The number of rotatable bonds is 2. The molecule has 0 bridgehead atoms. The number of aromatic nitrogens is 1. The fraction of sp³-hybridized carbons (Fsp3) is 0. The predicted molar refractivity (Wildman–Crippen MR) is 54.9 cm³/mol. The van der Waals surface area contributed by atoms with E-state index >= 15 is 0 Å². The molecule has 1 heterocycles. The van der Waals surface area contributed by atoms with Crippen LogP contribution in [0.4, 0.5) is 8.78 Å². The van der Waals surface area contributed by atoms with Crippen LogP contribution in [0.1, 0.15) is 10.4 Å². The normalized spacial score (nSPS) is 10.4. The number of halogens is 3. The standard InChI is InChI=1S/C10H4BrF2NO2/c11-10-5(4-15)9(14-16-10)8-6(12)2-1-3-7(8)13/h1-4H. The number of aldehydes is 1. The molecule has 2 rings (SSSR count). The van der Waals surface area contributed by atoms with Crippen LogP contribution < -0.4 is 0 Å². The van der Waals surface area contributed by atoms with Crippen molar-refractivity contribution in [1.82, 2.24) is 5.16 Å². The van der Waals surface area contributed by atoms with Crippen molar-refractivity contribution in [2.45, 2.75) is 0 Å². The van der Waals surface area contributed by atoms with E-state index in [4.69, 9.17) is 0 Å². The van der Waals surface area contributed by atoms with Gasteiger partial charge in [0.15, 0.2) is 6.29 Å². The van der Waals surface area contributed by atoms with Gasteiger partial charge in [0.1, 0.15) is 17.3 Å². The second kappa shape index (κ2) is 4.13. The van der Waals surface area contributed by atoms with Gasteiger partial charge in [0.2, 0.25) is 4.67 Å². The van der Waals surface area contributed by atoms with E-state index in [1.165, 1.54) is 6.07 Å². The molecule has 0 aliphatic carbocycles. The third kappa shape index (κ3) is 1.65. The minimum Gasteiger partial charge on any atom is -0.348 e. The molecule has 0 saturated heterocycles. The van der Waals surface area contributed by atoms with Gasteiger partial charge in [-0.25, -0.2) is 8.78 Å². The second-order valence-electron chi connectivity index (χ2n) is 2.93. The molecular weight excluding hydrogens is 284 g/mol. The summed E-state index contributed by atoms with van der Waals surface area (Å²) in [5.41, 5.74) is -0.555. The summed E-state index contributed by atoms with van der Waals surface area (Å²) in [6.45, 7) is 0. The Labute approximate surface area is 97.2 Å². The maximum atomic E-state index is 13.4. The molecule has 0 N–H and O–H groups in total. The highest BCUT2D eigenvalue weighted by Crippen LogP contribution is 2.30. The summed E-state index contributed by atoms with van der Waals surface area (Å²) < 4.78 is 31.5. The molecule has 1 aromatic carbocycles. The van der Waals surface area contributed by atoms with Crippen molar-refractivity contribution < 1.29 is 18.1 Å². The van der Waals surface area contributed by atoms with Crippen LogP contribution in [-0.2, 0) is 0 Å². The Kier molecular flexibility index (Phi) is 2.82. The SMILES string of the molecule is O=Cc1c(-c2c(F)cccc2F)noc1Br. The minimum absolute atomic E-state index is 0.0241. The molecule has 3 nitrogen and oxygen atoms in total. The lowest BCUT2D eigenvalue weighted by atomic mass is 10.1. The first kappa shape index (κ1) is 10.9. The van der Waals surface area contributed by atoms with Gasteiger partial charge in [-0.05, 0) is 28.1 Å². The molecule has 0 fully saturated rings. The average molecular weight is 288 g/mol. The first-order valence-electron chi connectivity index (χ1n) is 4.20. The number of hydrogen-bond acceptors (Lipinski definition) is 3. The van der Waals surface area contributed by atoms with Gasteiger partial charge in [-0.1, -0.05) is 11.2 Å². The lowest BCUT2D eigenvalue weighted by Gasteiger charge is -2.00. The zero-order valence-corrected chi connectivity index (χ0v) is 9.29. The molecule has 0 atom stereocenters. The molecule has 16 heavy (non-hydrogen) atoms. The monoisotopic (exact) mass is 287 g/mol. The lowest BCUT2D eigenvalue weighted by Crippen LogP contribution is -1.93. The number of carbonyl (C=O) groups is 1. The minimum atomic E-state index is -0.802. The molecule has 0 amide bonds. The van der Waals surface area contributed by atoms with E-state index in [9.17, 15) is 13.6 Å². The molecule has 2 aromatic rings. The molecular formula is C10H4BrF2NO2. The molecule has 1 aromatic heterocycles. The van der Waals surface area contributed by atoms with Gasteiger partial charge in [0.25, 0.3) is 0 Å². The lowest BCUT2D eigenvalue weighted by molar-refractivity contribution is 0.112. The summed E-state index contributed by atoms with van der Waals surface area (Å²) in [7, 11) is 0. The highest BCUT2D eigenvalue weighted by molar-refractivity contribution is 9.10. The fourth-order valence-electron chi connectivity index (χ4n) is 1.28. The van der Waals surface area contributed by atoms with E-state index in [1.807, 2.05) is 0 Å². The van der Waals surface area contributed by atoms with E-state index < -0.39 is 11.6 Å². The van der Waals surface area contributed by atoms with Crippen molar-refractivity contribution in [3.05, 3.63) is 40.1 Å². The van der Waals surface area contributed by atoms with Gasteiger partial charge in [-0.2, -0.15) is 0 Å². The quantitative estimate of drug-likeness (QED) is 0.797. The first-order valence-corrected chi connectivity index (χ1v) is 4.99. The van der Waals surface area contributed by atoms with Crippen molar-refractivity contribution >= 4 is 22.2 Å². The maximum Gasteiger partial charge on any atom is 0.213 e. The Morgan fingerprint density at radius 1 is 1.31 bits per heavy atom. The molecule has 0 aliphatic heterocycles. The number of nitrogens with zero attached hydrogens (tertiary/aromatic N) is 1. The van der Waals surface area contributed by atoms with Crippen molar-refractivity contribution in [1.29, 1.82) is 0 Å². The number of hydrogen-bond donors (Lipinski definition) is 0. The first-order chi connectivity index (χ1) is 7.65. The van der Waals surface area contributed by atoms with Crippen LogP contribution in [0.2, 0.25) is 0 Å². The molecule has 0 spiro atoms. The summed E-state index contributed by atoms with van der Waals surface area (Å²) >= 11 is 2.92. The Hall–Kier alpha value is -1.56. The Balaban J connectivity index is 2.72. The molecule has 82 valence electrons. The fourth-order valence-corrected chi connectivity index (χ4v) is 1.64. The summed E-state index contributed by atoms with van der Waals surface area (Å²) in [5.74, 6) is -1.60. The Morgan fingerprint density at radius 2 is 1.94 bits per heavy atom. The van der Waals surface area contributed by atoms with Crippen molar-refractivity contribution in [2.24, 2.45) is 0 Å². The summed E-state index contributed by atoms with van der Waals surface area (Å²) in [6, 6.07) is 3.38. The van der Waals surface area contributed by atoms with E-state index in [2.05, 4.69) is 25.6 Å². The van der Waals surface area contributed by atoms with Crippen LogP contribution in [0.3, 0.4) is 0 Å². The predicted octanol–water partition coefficient (Wildman–Crippen LogP) is 3.19. The topological polar surface area (TPSA) is 43.1 Å². The molecule has 0 unspecified atom stereocenters. The second-order valence-corrected chi connectivity index (χ2v) is 3.65. The molecule has 6 heteroatoms. The summed E-state index contributed by atoms with van der Waals surface area (Å²) in [4.78, 5) is 10.7. The van der Waals surface area contributed by atoms with Crippen LogP contribution in [0.5, 0.6) is 0 Å². The highest BCUT2D eigenvalue weighted by atomic mass is 79.9. The van der Waals surface area contributed by atoms with E-state index in [-0.39, 0.29) is 21.5 Å². The largest absolute Gasteiger partial charge is 0.348 e.